The van der Waals surface area contributed by atoms with Gasteiger partial charge in [-0.3, -0.25) is 9.69 Å². The highest BCUT2D eigenvalue weighted by atomic mass is 16.3. The van der Waals surface area contributed by atoms with Crippen LogP contribution in [0.25, 0.3) is 5.69 Å². The molecule has 0 atom stereocenters. The Morgan fingerprint density at radius 2 is 2.00 bits per heavy atom. The Bertz CT molecular complexity index is 1260. The van der Waals surface area contributed by atoms with Crippen LogP contribution in [0.15, 0.2) is 24.5 Å². The molecule has 0 saturated carbocycles. The molecule has 1 amide bonds. The van der Waals surface area contributed by atoms with E-state index in [4.69, 9.17) is 0 Å². The molecule has 0 spiro atoms. The third-order valence-electron chi connectivity index (χ3n) is 6.31. The fourth-order valence-corrected chi connectivity index (χ4v) is 4.88. The summed E-state index contributed by atoms with van der Waals surface area (Å²) in [6.07, 6.45) is 5.19. The lowest BCUT2D eigenvalue weighted by atomic mass is 9.90. The fraction of sp³-hybridized carbons (Fsp3) is 0.440. The Kier molecular flexibility index (Phi) is 5.85. The number of aliphatic hydroxyl groups excluding tert-OH is 1. The third-order valence-corrected chi connectivity index (χ3v) is 6.31. The molecule has 5 rings (SSSR count). The van der Waals surface area contributed by atoms with E-state index < -0.39 is 0 Å². The number of amides is 1. The zero-order valence-corrected chi connectivity index (χ0v) is 19.9. The second-order valence-electron chi connectivity index (χ2n) is 9.10. The maximum Gasteiger partial charge on any atom is 0.276 e. The van der Waals surface area contributed by atoms with E-state index in [9.17, 15) is 15.2 Å². The van der Waals surface area contributed by atoms with E-state index in [0.29, 0.717) is 47.1 Å². The molecule has 3 aromatic rings. The minimum absolute atomic E-state index is 0.104. The average Bonchev–Trinajstić information content (AvgIpc) is 3.44. The minimum Gasteiger partial charge on any atom is -0.391 e. The van der Waals surface area contributed by atoms with Crippen molar-refractivity contribution in [3.63, 3.8) is 0 Å². The van der Waals surface area contributed by atoms with Crippen LogP contribution in [0.3, 0.4) is 0 Å². The van der Waals surface area contributed by atoms with Crippen molar-refractivity contribution in [1.29, 1.82) is 5.26 Å². The molecule has 33 heavy (non-hydrogen) atoms. The number of carbonyl (C=O) groups excluding carboxylic acids is 1. The zero-order chi connectivity index (χ0) is 23.9. The molecule has 0 unspecified atom stereocenters. The van der Waals surface area contributed by atoms with E-state index >= 15 is 0 Å². The second-order valence-corrected chi connectivity index (χ2v) is 9.10. The summed E-state index contributed by atoms with van der Waals surface area (Å²) in [5.74, 6) is 0.330. The number of aryl methyl sites for hydroxylation is 1. The molecular weight excluding hydrogens is 416 g/mol. The first-order valence-electron chi connectivity index (χ1n) is 11.4. The van der Waals surface area contributed by atoms with Crippen molar-refractivity contribution >= 4 is 11.7 Å². The monoisotopic (exact) mass is 446 g/mol. The van der Waals surface area contributed by atoms with Crippen LogP contribution in [-0.2, 0) is 26.0 Å². The van der Waals surface area contributed by atoms with Crippen LogP contribution >= 0.6 is 0 Å². The molecule has 0 bridgehead atoms. The number of anilines is 1. The lowest BCUT2D eigenvalue weighted by Crippen LogP contribution is -2.41. The van der Waals surface area contributed by atoms with Crippen LogP contribution < -0.4 is 4.90 Å². The van der Waals surface area contributed by atoms with E-state index in [0.717, 1.165) is 12.8 Å². The van der Waals surface area contributed by atoms with Gasteiger partial charge in [-0.15, -0.1) is 0 Å². The third kappa shape index (κ3) is 3.72. The van der Waals surface area contributed by atoms with Gasteiger partial charge in [-0.2, -0.15) is 10.4 Å². The van der Waals surface area contributed by atoms with Gasteiger partial charge in [-0.25, -0.2) is 9.67 Å². The van der Waals surface area contributed by atoms with Crippen molar-refractivity contribution in [2.75, 3.05) is 11.4 Å². The first-order valence-corrected chi connectivity index (χ1v) is 11.4. The fourth-order valence-electron chi connectivity index (χ4n) is 4.88. The van der Waals surface area contributed by atoms with Gasteiger partial charge in [0.05, 0.1) is 23.6 Å². The molecule has 0 aromatic carbocycles. The van der Waals surface area contributed by atoms with Gasteiger partial charge in [-0.1, -0.05) is 27.7 Å². The summed E-state index contributed by atoms with van der Waals surface area (Å²) in [6.45, 7) is 11.2. The number of carbonyl (C=O) groups is 1. The maximum atomic E-state index is 13.4. The molecule has 4 heterocycles. The van der Waals surface area contributed by atoms with Crippen LogP contribution in [0.1, 0.15) is 66.3 Å². The van der Waals surface area contributed by atoms with Crippen molar-refractivity contribution < 1.29 is 9.90 Å². The first-order chi connectivity index (χ1) is 15.8. The van der Waals surface area contributed by atoms with Crippen LogP contribution in [0.2, 0.25) is 0 Å². The number of hydrogen-bond acceptors (Lipinski definition) is 5. The summed E-state index contributed by atoms with van der Waals surface area (Å²) >= 11 is 0. The quantitative estimate of drug-likeness (QED) is 0.663. The van der Waals surface area contributed by atoms with Gasteiger partial charge in [0.2, 0.25) is 0 Å². The summed E-state index contributed by atoms with van der Waals surface area (Å²) in [5.41, 5.74) is 5.64. The topological polar surface area (TPSA) is 100.0 Å². The molecule has 1 aliphatic carbocycles. The molecule has 0 radical (unpaired) electrons. The lowest BCUT2D eigenvalue weighted by Gasteiger charge is -2.30. The Labute approximate surface area is 194 Å². The Balaban J connectivity index is 0.00000126. The number of aliphatic hydroxyl groups is 1. The van der Waals surface area contributed by atoms with E-state index in [1.165, 1.54) is 11.3 Å². The summed E-state index contributed by atoms with van der Waals surface area (Å²) in [4.78, 5) is 19.5. The van der Waals surface area contributed by atoms with Gasteiger partial charge < -0.3 is 9.67 Å². The summed E-state index contributed by atoms with van der Waals surface area (Å²) in [7, 11) is 0. The zero-order valence-electron chi connectivity index (χ0n) is 19.9. The molecule has 0 saturated heterocycles. The van der Waals surface area contributed by atoms with Crippen molar-refractivity contribution in [2.24, 2.45) is 5.41 Å². The van der Waals surface area contributed by atoms with Crippen molar-refractivity contribution in [2.45, 2.75) is 60.6 Å². The molecule has 0 fully saturated rings. The second kappa shape index (κ2) is 8.49. The number of nitrogens with zero attached hydrogens (tertiary/aromatic N) is 6. The number of rotatable bonds is 3. The minimum atomic E-state index is -0.297. The van der Waals surface area contributed by atoms with Gasteiger partial charge in [0.1, 0.15) is 17.6 Å². The normalized spacial score (nSPS) is 16.0. The maximum absolute atomic E-state index is 13.4. The van der Waals surface area contributed by atoms with E-state index in [1.54, 1.807) is 35.0 Å². The van der Waals surface area contributed by atoms with Crippen LogP contribution in [0.4, 0.5) is 5.82 Å². The predicted octanol–water partition coefficient (Wildman–Crippen LogP) is 3.55. The first kappa shape index (κ1) is 22.7. The number of fused-ring (bicyclic) bond motifs is 3. The van der Waals surface area contributed by atoms with Gasteiger partial charge >= 0.3 is 0 Å². The standard InChI is InChI=1S/C23H24N6O2.C2H6/c1-14-16(11-24)12-29(26-14)18-4-5-25-21(17(18)13-30)28-7-6-27-19(22(28)31)8-15-9-23(2,3)10-20(15)27;1-2/h4-5,8,12,30H,6-7,9-10,13H2,1-3H3;1-2H3. The van der Waals surface area contributed by atoms with Crippen molar-refractivity contribution in [1.82, 2.24) is 19.3 Å². The Hall–Kier alpha value is -3.44. The van der Waals surface area contributed by atoms with Crippen LogP contribution in [-0.4, -0.2) is 36.9 Å². The predicted molar refractivity (Wildman–Crippen MR) is 125 cm³/mol. The SMILES string of the molecule is CC.Cc1nn(-c2ccnc(N3CCn4c(cc5c4CC(C)(C)C5)C3=O)c2CO)cc1C#N. The van der Waals surface area contributed by atoms with Crippen LogP contribution in [0.5, 0.6) is 0 Å². The highest BCUT2D eigenvalue weighted by Gasteiger charge is 2.37. The van der Waals surface area contributed by atoms with Crippen molar-refractivity contribution in [3.05, 3.63) is 58.3 Å². The average molecular weight is 447 g/mol. The summed E-state index contributed by atoms with van der Waals surface area (Å²) < 4.78 is 3.72. The molecule has 1 aliphatic heterocycles. The number of pyridine rings is 1. The largest absolute Gasteiger partial charge is 0.391 e. The lowest BCUT2D eigenvalue weighted by molar-refractivity contribution is 0.0962. The molecular formula is C25H30N6O2. The number of hydrogen-bond donors (Lipinski definition) is 1. The number of nitriles is 1. The van der Waals surface area contributed by atoms with Gasteiger partial charge in [0, 0.05) is 36.7 Å². The molecule has 172 valence electrons. The summed E-state index contributed by atoms with van der Waals surface area (Å²) in [6, 6.07) is 5.87. The molecule has 1 N–H and O–H groups in total. The van der Waals surface area contributed by atoms with E-state index in [2.05, 4.69) is 34.6 Å². The Morgan fingerprint density at radius 1 is 1.24 bits per heavy atom. The van der Waals surface area contributed by atoms with E-state index in [1.807, 2.05) is 19.9 Å². The Morgan fingerprint density at radius 3 is 2.67 bits per heavy atom. The summed E-state index contributed by atoms with van der Waals surface area (Å²) in [5, 5.41) is 23.8. The molecule has 8 heteroatoms. The van der Waals surface area contributed by atoms with E-state index in [-0.39, 0.29) is 17.9 Å². The van der Waals surface area contributed by atoms with Gasteiger partial charge in [0.25, 0.3) is 5.91 Å². The molecule has 8 nitrogen and oxygen atoms in total. The smallest absolute Gasteiger partial charge is 0.276 e. The number of aromatic nitrogens is 4. The van der Waals surface area contributed by atoms with Gasteiger partial charge in [0.15, 0.2) is 0 Å². The molecule has 3 aromatic heterocycles. The highest BCUT2D eigenvalue weighted by molar-refractivity contribution is 6.06. The molecule has 2 aliphatic rings. The van der Waals surface area contributed by atoms with Crippen LogP contribution in [0, 0.1) is 23.7 Å². The van der Waals surface area contributed by atoms with Gasteiger partial charge in [-0.05, 0) is 42.9 Å². The highest BCUT2D eigenvalue weighted by Crippen LogP contribution is 2.39. The van der Waals surface area contributed by atoms with Crippen molar-refractivity contribution in [3.8, 4) is 11.8 Å².